The van der Waals surface area contributed by atoms with Gasteiger partial charge in [0.15, 0.2) is 0 Å². The number of nitrogens with two attached hydrogens (primary N) is 1. The normalized spacial score (nSPS) is 15.3. The van der Waals surface area contributed by atoms with Crippen LogP contribution in [0.15, 0.2) is 54.7 Å². The second-order valence-corrected chi connectivity index (χ2v) is 11.3. The molecule has 1 saturated carbocycles. The van der Waals surface area contributed by atoms with Crippen molar-refractivity contribution in [3.8, 4) is 22.7 Å². The van der Waals surface area contributed by atoms with E-state index < -0.39 is 10.0 Å². The van der Waals surface area contributed by atoms with Crippen molar-refractivity contribution >= 4 is 44.9 Å². The minimum absolute atomic E-state index is 0.226. The number of pyridine rings is 1. The Hall–Kier alpha value is -4.36. The van der Waals surface area contributed by atoms with Crippen LogP contribution in [0, 0.1) is 0 Å². The summed E-state index contributed by atoms with van der Waals surface area (Å²) in [5.74, 6) is 0.612. The topological polar surface area (TPSA) is 162 Å². The SMILES string of the molecule is COc1ncc(-c2ccc3nc(N)n(-c4ccc(N5CCOCC5)cc4)c3c2)cc1NS(=O)(=O)C1CC1.O=CO. The van der Waals surface area contributed by atoms with E-state index in [0.29, 0.717) is 24.5 Å². The van der Waals surface area contributed by atoms with Crippen LogP contribution in [-0.2, 0) is 19.6 Å². The van der Waals surface area contributed by atoms with Gasteiger partial charge in [-0.05, 0) is 60.9 Å². The first-order chi connectivity index (χ1) is 19.3. The lowest BCUT2D eigenvalue weighted by atomic mass is 10.1. The number of anilines is 3. The van der Waals surface area contributed by atoms with Crippen LogP contribution in [-0.4, -0.2) is 73.2 Å². The minimum Gasteiger partial charge on any atom is -0.483 e. The number of ether oxygens (including phenoxy) is 2. The Morgan fingerprint density at radius 3 is 2.40 bits per heavy atom. The number of nitrogens with zero attached hydrogens (tertiary/aromatic N) is 4. The maximum atomic E-state index is 12.6. The predicted octanol–water partition coefficient (Wildman–Crippen LogP) is 3.12. The minimum atomic E-state index is -3.47. The summed E-state index contributed by atoms with van der Waals surface area (Å²) in [5, 5.41) is 6.53. The third-order valence-electron chi connectivity index (χ3n) is 6.76. The Morgan fingerprint density at radius 2 is 1.75 bits per heavy atom. The van der Waals surface area contributed by atoms with Gasteiger partial charge in [0.1, 0.15) is 5.69 Å². The number of aromatic nitrogens is 3. The number of rotatable bonds is 7. The van der Waals surface area contributed by atoms with Gasteiger partial charge in [-0.25, -0.2) is 18.4 Å². The van der Waals surface area contributed by atoms with Crippen molar-refractivity contribution in [2.45, 2.75) is 18.1 Å². The maximum absolute atomic E-state index is 12.6. The van der Waals surface area contributed by atoms with Crippen molar-refractivity contribution in [1.29, 1.82) is 0 Å². The van der Waals surface area contributed by atoms with Crippen molar-refractivity contribution < 1.29 is 27.8 Å². The van der Waals surface area contributed by atoms with Gasteiger partial charge in [0.25, 0.3) is 6.47 Å². The summed E-state index contributed by atoms with van der Waals surface area (Å²) in [6, 6.07) is 15.8. The van der Waals surface area contributed by atoms with E-state index in [2.05, 4.69) is 31.7 Å². The molecule has 0 atom stereocenters. The summed E-state index contributed by atoms with van der Waals surface area (Å²) in [6.07, 6.45) is 3.00. The molecule has 4 N–H and O–H groups in total. The Kier molecular flexibility index (Phi) is 7.76. The molecule has 1 aliphatic heterocycles. The van der Waals surface area contributed by atoms with E-state index in [1.165, 1.54) is 7.11 Å². The van der Waals surface area contributed by atoms with Crippen LogP contribution in [0.25, 0.3) is 27.8 Å². The molecule has 13 heteroatoms. The number of carbonyl (C=O) groups is 1. The molecule has 1 saturated heterocycles. The molecule has 1 aliphatic carbocycles. The number of methoxy groups -OCH3 is 1. The van der Waals surface area contributed by atoms with Crippen molar-refractivity contribution in [3.05, 3.63) is 54.7 Å². The first kappa shape index (κ1) is 27.2. The van der Waals surface area contributed by atoms with Gasteiger partial charge in [-0.15, -0.1) is 0 Å². The van der Waals surface area contributed by atoms with Gasteiger partial charge >= 0.3 is 0 Å². The Labute approximate surface area is 231 Å². The maximum Gasteiger partial charge on any atom is 0.290 e. The van der Waals surface area contributed by atoms with Gasteiger partial charge in [-0.3, -0.25) is 14.1 Å². The standard InChI is InChI=1S/C26H28N6O4S.CH2O2/c1-35-25-23(30-37(33,34)21-7-8-21)14-18(16-28-25)17-2-9-22-24(15-17)32(26(27)29-22)20-5-3-19(4-6-20)31-10-12-36-13-11-31;2-1-3/h2-6,9,14-16,21,30H,7-8,10-13H2,1H3,(H2,27,29);1H,(H,2,3). The monoisotopic (exact) mass is 566 g/mol. The van der Waals surface area contributed by atoms with Gasteiger partial charge in [-0.2, -0.15) is 0 Å². The third kappa shape index (κ3) is 5.65. The van der Waals surface area contributed by atoms with Crippen molar-refractivity contribution in [2.75, 3.05) is 48.8 Å². The van der Waals surface area contributed by atoms with Crippen LogP contribution in [0.3, 0.4) is 0 Å². The van der Waals surface area contributed by atoms with Gasteiger partial charge in [0.05, 0.1) is 36.6 Å². The number of benzene rings is 2. The Bertz CT molecular complexity index is 1610. The van der Waals surface area contributed by atoms with Crippen molar-refractivity contribution in [3.63, 3.8) is 0 Å². The van der Waals surface area contributed by atoms with Crippen LogP contribution >= 0.6 is 0 Å². The molecule has 2 fully saturated rings. The molecule has 4 aromatic rings. The van der Waals surface area contributed by atoms with E-state index in [1.54, 1.807) is 12.3 Å². The number of hydrogen-bond acceptors (Lipinski definition) is 9. The first-order valence-electron chi connectivity index (χ1n) is 12.7. The lowest BCUT2D eigenvalue weighted by molar-refractivity contribution is -0.122. The van der Waals surface area contributed by atoms with Gasteiger partial charge in [0, 0.05) is 36.2 Å². The second-order valence-electron chi connectivity index (χ2n) is 9.36. The number of nitrogen functional groups attached to an aromatic ring is 1. The molecule has 2 aliphatic rings. The quantitative estimate of drug-likeness (QED) is 0.283. The van der Waals surface area contributed by atoms with Crippen LogP contribution in [0.5, 0.6) is 5.88 Å². The van der Waals surface area contributed by atoms with E-state index in [9.17, 15) is 8.42 Å². The van der Waals surface area contributed by atoms with Crippen LogP contribution in [0.1, 0.15) is 12.8 Å². The lowest BCUT2D eigenvalue weighted by Gasteiger charge is -2.29. The molecule has 40 heavy (non-hydrogen) atoms. The summed E-state index contributed by atoms with van der Waals surface area (Å²) in [6.45, 7) is 2.95. The molecule has 2 aromatic carbocycles. The van der Waals surface area contributed by atoms with E-state index in [1.807, 2.05) is 34.9 Å². The number of hydrogen-bond donors (Lipinski definition) is 3. The lowest BCUT2D eigenvalue weighted by Crippen LogP contribution is -2.36. The number of carboxylic acid groups (broad SMARTS) is 1. The molecule has 0 radical (unpaired) electrons. The molecule has 2 aromatic heterocycles. The molecule has 210 valence electrons. The third-order valence-corrected chi connectivity index (χ3v) is 8.61. The highest BCUT2D eigenvalue weighted by Crippen LogP contribution is 2.35. The molecular formula is C27H30N6O6S. The van der Waals surface area contributed by atoms with E-state index in [-0.39, 0.29) is 17.6 Å². The fourth-order valence-corrected chi connectivity index (χ4v) is 6.02. The first-order valence-corrected chi connectivity index (χ1v) is 14.2. The summed E-state index contributed by atoms with van der Waals surface area (Å²) in [7, 11) is -2.00. The van der Waals surface area contributed by atoms with Gasteiger partial charge in [-0.1, -0.05) is 6.07 Å². The Morgan fingerprint density at radius 1 is 1.07 bits per heavy atom. The molecule has 0 amide bonds. The predicted molar refractivity (Wildman–Crippen MR) is 153 cm³/mol. The summed E-state index contributed by atoms with van der Waals surface area (Å²) in [5.41, 5.74) is 11.9. The summed E-state index contributed by atoms with van der Waals surface area (Å²) in [4.78, 5) is 19.5. The van der Waals surface area contributed by atoms with Crippen LogP contribution < -0.4 is 20.1 Å². The van der Waals surface area contributed by atoms with Crippen molar-refractivity contribution in [2.24, 2.45) is 0 Å². The average molecular weight is 567 g/mol. The highest BCUT2D eigenvalue weighted by molar-refractivity contribution is 7.93. The zero-order valence-electron chi connectivity index (χ0n) is 21.9. The fraction of sp³-hybridized carbons (Fsp3) is 0.296. The number of imidazole rings is 1. The zero-order valence-corrected chi connectivity index (χ0v) is 22.7. The van der Waals surface area contributed by atoms with Gasteiger partial charge < -0.3 is 25.2 Å². The molecule has 3 heterocycles. The van der Waals surface area contributed by atoms with E-state index in [0.717, 1.165) is 59.8 Å². The molecule has 0 unspecified atom stereocenters. The fourth-order valence-electron chi connectivity index (χ4n) is 4.64. The van der Waals surface area contributed by atoms with E-state index >= 15 is 0 Å². The smallest absolute Gasteiger partial charge is 0.290 e. The molecule has 12 nitrogen and oxygen atoms in total. The molecule has 0 spiro atoms. The average Bonchev–Trinajstić information content (AvgIpc) is 3.77. The number of sulfonamides is 1. The van der Waals surface area contributed by atoms with Crippen molar-refractivity contribution in [1.82, 2.24) is 14.5 Å². The zero-order chi connectivity index (χ0) is 28.3. The molecule has 6 rings (SSSR count). The summed E-state index contributed by atoms with van der Waals surface area (Å²) >= 11 is 0. The largest absolute Gasteiger partial charge is 0.483 e. The molecular weight excluding hydrogens is 536 g/mol. The second kappa shape index (κ2) is 11.4. The highest BCUT2D eigenvalue weighted by Gasteiger charge is 2.36. The summed E-state index contributed by atoms with van der Waals surface area (Å²) < 4.78 is 40.4. The van der Waals surface area contributed by atoms with Crippen LogP contribution in [0.4, 0.5) is 17.3 Å². The Balaban J connectivity index is 0.00000103. The van der Waals surface area contributed by atoms with Crippen LogP contribution in [0.2, 0.25) is 0 Å². The molecule has 0 bridgehead atoms. The van der Waals surface area contributed by atoms with E-state index in [4.69, 9.17) is 25.1 Å². The number of nitrogens with one attached hydrogen (secondary N) is 1. The van der Waals surface area contributed by atoms with Gasteiger partial charge in [0.2, 0.25) is 21.9 Å². The number of morpholine rings is 1. The number of fused-ring (bicyclic) bond motifs is 1. The highest BCUT2D eigenvalue weighted by atomic mass is 32.2.